The molecule has 0 radical (unpaired) electrons. The van der Waals surface area contributed by atoms with Gasteiger partial charge in [-0.3, -0.25) is 14.9 Å². The molecule has 2 aliphatic heterocycles. The number of piperidine rings is 1. The summed E-state index contributed by atoms with van der Waals surface area (Å²) in [6.45, 7) is 2.01. The molecule has 7 nitrogen and oxygen atoms in total. The Morgan fingerprint density at radius 2 is 2.16 bits per heavy atom. The number of carbonyl (C=O) groups excluding carboxylic acids is 2. The van der Waals surface area contributed by atoms with Gasteiger partial charge in [-0.1, -0.05) is 0 Å². The molecule has 1 saturated heterocycles. The second-order valence-electron chi connectivity index (χ2n) is 6.09. The summed E-state index contributed by atoms with van der Waals surface area (Å²) in [6, 6.07) is 4.96. The van der Waals surface area contributed by atoms with Crippen LogP contribution in [0.3, 0.4) is 0 Å². The van der Waals surface area contributed by atoms with Crippen LogP contribution in [0.5, 0.6) is 5.75 Å². The van der Waals surface area contributed by atoms with Crippen molar-refractivity contribution in [2.45, 2.75) is 18.8 Å². The Morgan fingerprint density at radius 1 is 1.32 bits per heavy atom. The number of anilines is 2. The van der Waals surface area contributed by atoms with Crippen LogP contribution in [-0.4, -0.2) is 36.5 Å². The molecule has 1 aromatic carbocycles. The van der Waals surface area contributed by atoms with Crippen molar-refractivity contribution in [3.05, 3.63) is 34.8 Å². The van der Waals surface area contributed by atoms with Crippen molar-refractivity contribution in [1.29, 1.82) is 0 Å². The summed E-state index contributed by atoms with van der Waals surface area (Å²) < 4.78 is 5.35. The first-order valence-electron chi connectivity index (χ1n) is 8.23. The Hall–Kier alpha value is -2.45. The zero-order valence-corrected chi connectivity index (χ0v) is 14.3. The molecule has 0 spiro atoms. The van der Waals surface area contributed by atoms with E-state index in [-0.39, 0.29) is 18.4 Å². The summed E-state index contributed by atoms with van der Waals surface area (Å²) in [6.07, 6.45) is 4.06. The Balaban J connectivity index is 1.45. The highest BCUT2D eigenvalue weighted by atomic mass is 32.1. The van der Waals surface area contributed by atoms with Crippen molar-refractivity contribution in [3.63, 3.8) is 0 Å². The van der Waals surface area contributed by atoms with E-state index in [9.17, 15) is 9.59 Å². The van der Waals surface area contributed by atoms with Crippen molar-refractivity contribution in [2.24, 2.45) is 0 Å². The van der Waals surface area contributed by atoms with Crippen LogP contribution in [-0.2, 0) is 4.79 Å². The van der Waals surface area contributed by atoms with Crippen LogP contribution in [0.4, 0.5) is 10.8 Å². The second-order valence-corrected chi connectivity index (χ2v) is 7.16. The van der Waals surface area contributed by atoms with E-state index in [0.29, 0.717) is 28.0 Å². The van der Waals surface area contributed by atoms with Crippen LogP contribution in [0, 0.1) is 0 Å². The SMILES string of the molecule is O=C1COc2cc(C(=O)Nc3ncc(C4CCNCC4)s3)ccc2N1. The van der Waals surface area contributed by atoms with E-state index < -0.39 is 0 Å². The number of nitrogens with one attached hydrogen (secondary N) is 3. The molecule has 4 rings (SSSR count). The van der Waals surface area contributed by atoms with E-state index in [0.717, 1.165) is 25.9 Å². The number of hydrogen-bond acceptors (Lipinski definition) is 6. The molecule has 8 heteroatoms. The molecule has 0 atom stereocenters. The fourth-order valence-electron chi connectivity index (χ4n) is 3.02. The highest BCUT2D eigenvalue weighted by Gasteiger charge is 2.20. The van der Waals surface area contributed by atoms with Gasteiger partial charge in [0.05, 0.1) is 5.69 Å². The maximum atomic E-state index is 12.5. The Bertz CT molecular complexity index is 814. The molecule has 0 aliphatic carbocycles. The number of benzene rings is 1. The molecule has 2 amide bonds. The fraction of sp³-hybridized carbons (Fsp3) is 0.353. The van der Waals surface area contributed by atoms with Gasteiger partial charge in [-0.15, -0.1) is 11.3 Å². The van der Waals surface area contributed by atoms with Crippen molar-refractivity contribution in [3.8, 4) is 5.75 Å². The standard InChI is InChI=1S/C17H18N4O3S/c22-15-9-24-13-7-11(1-2-12(13)20-15)16(23)21-17-19-8-14(25-17)10-3-5-18-6-4-10/h1-2,7-8,10,18H,3-6,9H2,(H,20,22)(H,19,21,23). The molecule has 130 valence electrons. The van der Waals surface area contributed by atoms with Crippen LogP contribution in [0.25, 0.3) is 0 Å². The lowest BCUT2D eigenvalue weighted by Gasteiger charge is -2.20. The first-order chi connectivity index (χ1) is 12.2. The maximum Gasteiger partial charge on any atom is 0.262 e. The monoisotopic (exact) mass is 358 g/mol. The maximum absolute atomic E-state index is 12.5. The molecule has 0 bridgehead atoms. The minimum absolute atomic E-state index is 0.0375. The molecule has 1 aromatic heterocycles. The predicted molar refractivity (Wildman–Crippen MR) is 95.5 cm³/mol. The van der Waals surface area contributed by atoms with Gasteiger partial charge in [0.2, 0.25) is 0 Å². The highest BCUT2D eigenvalue weighted by Crippen LogP contribution is 2.32. The van der Waals surface area contributed by atoms with Gasteiger partial charge in [0.25, 0.3) is 11.8 Å². The Kier molecular flexibility index (Phi) is 4.37. The lowest BCUT2D eigenvalue weighted by molar-refractivity contribution is -0.118. The topological polar surface area (TPSA) is 92.4 Å². The average Bonchev–Trinajstić information content (AvgIpc) is 3.10. The summed E-state index contributed by atoms with van der Waals surface area (Å²) >= 11 is 1.53. The molecule has 3 N–H and O–H groups in total. The fourth-order valence-corrected chi connectivity index (χ4v) is 4.00. The van der Waals surface area contributed by atoms with E-state index in [1.807, 2.05) is 6.20 Å². The lowest BCUT2D eigenvalue weighted by Crippen LogP contribution is -2.26. The third-order valence-corrected chi connectivity index (χ3v) is 5.44. The number of rotatable bonds is 3. The van der Waals surface area contributed by atoms with Gasteiger partial charge in [0.1, 0.15) is 5.75 Å². The van der Waals surface area contributed by atoms with Gasteiger partial charge >= 0.3 is 0 Å². The first kappa shape index (κ1) is 16.0. The summed E-state index contributed by atoms with van der Waals surface area (Å²) in [5.41, 5.74) is 1.05. The molecule has 2 aliphatic rings. The van der Waals surface area contributed by atoms with Crippen molar-refractivity contribution in [1.82, 2.24) is 10.3 Å². The summed E-state index contributed by atoms with van der Waals surface area (Å²) in [7, 11) is 0. The third-order valence-electron chi connectivity index (χ3n) is 4.36. The molecule has 25 heavy (non-hydrogen) atoms. The molecular formula is C17H18N4O3S. The van der Waals surface area contributed by atoms with Gasteiger partial charge in [-0.2, -0.15) is 0 Å². The van der Waals surface area contributed by atoms with E-state index in [1.165, 1.54) is 16.2 Å². The van der Waals surface area contributed by atoms with Gasteiger partial charge < -0.3 is 15.4 Å². The lowest BCUT2D eigenvalue weighted by atomic mass is 9.97. The largest absolute Gasteiger partial charge is 0.482 e. The Morgan fingerprint density at radius 3 is 3.00 bits per heavy atom. The van der Waals surface area contributed by atoms with Gasteiger partial charge in [0.15, 0.2) is 11.7 Å². The normalized spacial score (nSPS) is 17.4. The first-order valence-corrected chi connectivity index (χ1v) is 9.05. The number of hydrogen-bond donors (Lipinski definition) is 3. The van der Waals surface area contributed by atoms with Crippen LogP contribution < -0.4 is 20.7 Å². The van der Waals surface area contributed by atoms with Gasteiger partial charge in [0, 0.05) is 16.6 Å². The van der Waals surface area contributed by atoms with Crippen LogP contribution in [0.15, 0.2) is 24.4 Å². The second kappa shape index (κ2) is 6.81. The van der Waals surface area contributed by atoms with Crippen LogP contribution >= 0.6 is 11.3 Å². The van der Waals surface area contributed by atoms with E-state index in [4.69, 9.17) is 4.74 Å². The third kappa shape index (κ3) is 3.49. The van der Waals surface area contributed by atoms with E-state index >= 15 is 0 Å². The number of ether oxygens (including phenoxy) is 1. The molecule has 1 fully saturated rings. The number of thiazole rings is 1. The van der Waals surface area contributed by atoms with Gasteiger partial charge in [-0.05, 0) is 50.0 Å². The summed E-state index contributed by atoms with van der Waals surface area (Å²) in [4.78, 5) is 29.3. The number of nitrogens with zero attached hydrogens (tertiary/aromatic N) is 1. The van der Waals surface area contributed by atoms with E-state index in [1.54, 1.807) is 18.2 Å². The number of aromatic nitrogens is 1. The quantitative estimate of drug-likeness (QED) is 0.782. The van der Waals surface area contributed by atoms with Crippen LogP contribution in [0.2, 0.25) is 0 Å². The molecule has 2 aromatic rings. The van der Waals surface area contributed by atoms with Crippen molar-refractivity contribution in [2.75, 3.05) is 30.3 Å². The zero-order valence-electron chi connectivity index (χ0n) is 13.5. The molecule has 3 heterocycles. The summed E-state index contributed by atoms with van der Waals surface area (Å²) in [5.74, 6) is 0.583. The van der Waals surface area contributed by atoms with Crippen molar-refractivity contribution < 1.29 is 14.3 Å². The minimum atomic E-state index is -0.241. The molecule has 0 unspecified atom stereocenters. The Labute approximate surface area is 148 Å². The average molecular weight is 358 g/mol. The number of fused-ring (bicyclic) bond motifs is 1. The minimum Gasteiger partial charge on any atom is -0.482 e. The number of carbonyl (C=O) groups is 2. The molecule has 0 saturated carbocycles. The van der Waals surface area contributed by atoms with Crippen molar-refractivity contribution >= 4 is 34.0 Å². The summed E-state index contributed by atoms with van der Waals surface area (Å²) in [5, 5.41) is 9.50. The van der Waals surface area contributed by atoms with E-state index in [2.05, 4.69) is 20.9 Å². The van der Waals surface area contributed by atoms with Crippen LogP contribution in [0.1, 0.15) is 34.0 Å². The molecular weight excluding hydrogens is 340 g/mol. The smallest absolute Gasteiger partial charge is 0.262 e. The highest BCUT2D eigenvalue weighted by molar-refractivity contribution is 7.15. The zero-order chi connectivity index (χ0) is 17.2. The number of amides is 2. The van der Waals surface area contributed by atoms with Gasteiger partial charge in [-0.25, -0.2) is 4.98 Å². The predicted octanol–water partition coefficient (Wildman–Crippen LogP) is 2.19.